The minimum absolute atomic E-state index is 0.355. The molecule has 25 heavy (non-hydrogen) atoms. The van der Waals surface area contributed by atoms with Crippen molar-refractivity contribution >= 4 is 5.97 Å². The standard InChI is InChI=1S/C21H26N2O2/c24-21(25)20-8-4-7-19(13-20)15-22-14-17-9-11-23(12-10-17)16-18-5-2-1-3-6-18/h1-8,13,17,22H,9-12,14-16H2,(H,24,25). The molecule has 0 radical (unpaired) electrons. The van der Waals surface area contributed by atoms with Crippen molar-refractivity contribution in [2.75, 3.05) is 19.6 Å². The van der Waals surface area contributed by atoms with Crippen molar-refractivity contribution in [3.05, 3.63) is 71.3 Å². The normalized spacial score (nSPS) is 16.0. The van der Waals surface area contributed by atoms with E-state index in [1.807, 2.05) is 12.1 Å². The lowest BCUT2D eigenvalue weighted by molar-refractivity contribution is 0.0696. The monoisotopic (exact) mass is 338 g/mol. The van der Waals surface area contributed by atoms with Crippen LogP contribution in [0.4, 0.5) is 0 Å². The van der Waals surface area contributed by atoms with Crippen LogP contribution in [-0.2, 0) is 13.1 Å². The lowest BCUT2D eigenvalue weighted by atomic mass is 9.96. The third-order valence-corrected chi connectivity index (χ3v) is 4.89. The number of nitrogens with zero attached hydrogens (tertiary/aromatic N) is 1. The van der Waals surface area contributed by atoms with Gasteiger partial charge in [-0.25, -0.2) is 4.79 Å². The molecule has 0 saturated carbocycles. The first-order valence-corrected chi connectivity index (χ1v) is 9.00. The number of piperidine rings is 1. The molecule has 1 fully saturated rings. The first kappa shape index (κ1) is 17.6. The molecule has 0 amide bonds. The molecule has 2 aromatic rings. The van der Waals surface area contributed by atoms with Crippen molar-refractivity contribution in [2.45, 2.75) is 25.9 Å². The van der Waals surface area contributed by atoms with Crippen molar-refractivity contribution in [3.8, 4) is 0 Å². The summed E-state index contributed by atoms with van der Waals surface area (Å²) in [6.07, 6.45) is 2.43. The Kier molecular flexibility index (Phi) is 6.20. The Hall–Kier alpha value is -2.17. The van der Waals surface area contributed by atoms with Crippen LogP contribution in [0.3, 0.4) is 0 Å². The molecule has 1 aliphatic rings. The highest BCUT2D eigenvalue weighted by Crippen LogP contribution is 2.18. The van der Waals surface area contributed by atoms with E-state index < -0.39 is 5.97 Å². The lowest BCUT2D eigenvalue weighted by Crippen LogP contribution is -2.36. The molecule has 0 unspecified atom stereocenters. The fourth-order valence-electron chi connectivity index (χ4n) is 3.43. The Morgan fingerprint density at radius 1 is 1.04 bits per heavy atom. The molecule has 2 N–H and O–H groups in total. The van der Waals surface area contributed by atoms with Gasteiger partial charge < -0.3 is 10.4 Å². The zero-order valence-corrected chi connectivity index (χ0v) is 14.5. The van der Waals surface area contributed by atoms with Gasteiger partial charge in [-0.3, -0.25) is 4.90 Å². The highest BCUT2D eigenvalue weighted by Gasteiger charge is 2.18. The van der Waals surface area contributed by atoms with Gasteiger partial charge in [-0.2, -0.15) is 0 Å². The van der Waals surface area contributed by atoms with Crippen LogP contribution < -0.4 is 5.32 Å². The van der Waals surface area contributed by atoms with Crippen LogP contribution in [0.1, 0.15) is 34.3 Å². The van der Waals surface area contributed by atoms with Crippen molar-refractivity contribution in [2.24, 2.45) is 5.92 Å². The predicted molar refractivity (Wildman–Crippen MR) is 99.6 cm³/mol. The number of hydrogen-bond acceptors (Lipinski definition) is 3. The van der Waals surface area contributed by atoms with Crippen LogP contribution in [0.25, 0.3) is 0 Å². The molecule has 0 aromatic heterocycles. The first-order valence-electron chi connectivity index (χ1n) is 9.00. The second kappa shape index (κ2) is 8.79. The Morgan fingerprint density at radius 3 is 2.48 bits per heavy atom. The number of hydrogen-bond donors (Lipinski definition) is 2. The maximum Gasteiger partial charge on any atom is 0.335 e. The molecule has 4 heteroatoms. The zero-order chi connectivity index (χ0) is 17.5. The summed E-state index contributed by atoms with van der Waals surface area (Å²) in [4.78, 5) is 13.5. The van der Waals surface area contributed by atoms with Gasteiger partial charge in [0.05, 0.1) is 5.56 Å². The summed E-state index contributed by atoms with van der Waals surface area (Å²) in [6.45, 7) is 5.07. The molecular weight excluding hydrogens is 312 g/mol. The van der Waals surface area contributed by atoms with E-state index in [2.05, 4.69) is 40.5 Å². The summed E-state index contributed by atoms with van der Waals surface area (Å²) in [7, 11) is 0. The second-order valence-electron chi connectivity index (χ2n) is 6.84. The lowest BCUT2D eigenvalue weighted by Gasteiger charge is -2.32. The number of aromatic carboxylic acids is 1. The van der Waals surface area contributed by atoms with Gasteiger partial charge in [0.25, 0.3) is 0 Å². The van der Waals surface area contributed by atoms with Crippen LogP contribution >= 0.6 is 0 Å². The average Bonchev–Trinajstić information content (AvgIpc) is 2.64. The molecule has 4 nitrogen and oxygen atoms in total. The highest BCUT2D eigenvalue weighted by molar-refractivity contribution is 5.87. The minimum Gasteiger partial charge on any atom is -0.478 e. The number of likely N-dealkylation sites (tertiary alicyclic amines) is 1. The average molecular weight is 338 g/mol. The highest BCUT2D eigenvalue weighted by atomic mass is 16.4. The van der Waals surface area contributed by atoms with E-state index in [9.17, 15) is 4.79 Å². The zero-order valence-electron chi connectivity index (χ0n) is 14.5. The number of benzene rings is 2. The molecule has 0 spiro atoms. The fraction of sp³-hybridized carbons (Fsp3) is 0.381. The van der Waals surface area contributed by atoms with Crippen LogP contribution in [0, 0.1) is 5.92 Å². The van der Waals surface area contributed by atoms with Gasteiger partial charge in [0.15, 0.2) is 0 Å². The van der Waals surface area contributed by atoms with Gasteiger partial charge in [-0.15, -0.1) is 0 Å². The van der Waals surface area contributed by atoms with Gasteiger partial charge in [0.2, 0.25) is 0 Å². The van der Waals surface area contributed by atoms with E-state index in [0.29, 0.717) is 11.5 Å². The minimum atomic E-state index is -0.868. The molecule has 0 atom stereocenters. The number of carboxylic acid groups (broad SMARTS) is 1. The molecule has 132 valence electrons. The molecular formula is C21H26N2O2. The van der Waals surface area contributed by atoms with Gasteiger partial charge >= 0.3 is 5.97 Å². The van der Waals surface area contributed by atoms with Gasteiger partial charge in [0.1, 0.15) is 0 Å². The molecule has 2 aromatic carbocycles. The number of carboxylic acids is 1. The van der Waals surface area contributed by atoms with Crippen LogP contribution in [0.5, 0.6) is 0 Å². The molecule has 1 aliphatic heterocycles. The van der Waals surface area contributed by atoms with Gasteiger partial charge in [0, 0.05) is 13.1 Å². The van der Waals surface area contributed by atoms with E-state index in [1.165, 1.54) is 18.4 Å². The third kappa shape index (κ3) is 5.41. The maximum absolute atomic E-state index is 11.0. The van der Waals surface area contributed by atoms with E-state index in [-0.39, 0.29) is 0 Å². The quantitative estimate of drug-likeness (QED) is 0.812. The summed E-state index contributed by atoms with van der Waals surface area (Å²) in [5.41, 5.74) is 2.77. The predicted octanol–water partition coefficient (Wildman–Crippen LogP) is 3.39. The number of nitrogens with one attached hydrogen (secondary N) is 1. The Labute approximate surface area is 149 Å². The summed E-state index contributed by atoms with van der Waals surface area (Å²) in [6, 6.07) is 17.8. The molecule has 3 rings (SSSR count). The van der Waals surface area contributed by atoms with Crippen LogP contribution in [0.2, 0.25) is 0 Å². The Balaban J connectivity index is 1.38. The van der Waals surface area contributed by atoms with E-state index in [1.54, 1.807) is 12.1 Å². The Bertz CT molecular complexity index is 679. The van der Waals surface area contributed by atoms with Crippen LogP contribution in [-0.4, -0.2) is 35.6 Å². The smallest absolute Gasteiger partial charge is 0.335 e. The number of carbonyl (C=O) groups is 1. The van der Waals surface area contributed by atoms with Crippen molar-refractivity contribution in [1.29, 1.82) is 0 Å². The summed E-state index contributed by atoms with van der Waals surface area (Å²) < 4.78 is 0. The molecule has 1 heterocycles. The SMILES string of the molecule is O=C(O)c1cccc(CNCC2CCN(Cc3ccccc3)CC2)c1. The molecule has 1 saturated heterocycles. The van der Waals surface area contributed by atoms with Gasteiger partial charge in [-0.1, -0.05) is 42.5 Å². The first-order chi connectivity index (χ1) is 12.2. The largest absolute Gasteiger partial charge is 0.478 e. The van der Waals surface area contributed by atoms with Crippen LogP contribution in [0.15, 0.2) is 54.6 Å². The van der Waals surface area contributed by atoms with E-state index >= 15 is 0 Å². The molecule has 0 aliphatic carbocycles. The number of rotatable bonds is 7. The van der Waals surface area contributed by atoms with Crippen molar-refractivity contribution in [3.63, 3.8) is 0 Å². The fourth-order valence-corrected chi connectivity index (χ4v) is 3.43. The summed E-state index contributed by atoms with van der Waals surface area (Å²) in [5.74, 6) is -0.165. The topological polar surface area (TPSA) is 52.6 Å². The van der Waals surface area contributed by atoms with E-state index in [0.717, 1.165) is 38.3 Å². The second-order valence-corrected chi connectivity index (χ2v) is 6.84. The maximum atomic E-state index is 11.0. The summed E-state index contributed by atoms with van der Waals surface area (Å²) in [5, 5.41) is 12.5. The molecule has 0 bridgehead atoms. The Morgan fingerprint density at radius 2 is 1.76 bits per heavy atom. The van der Waals surface area contributed by atoms with Crippen molar-refractivity contribution in [1.82, 2.24) is 10.2 Å². The third-order valence-electron chi connectivity index (χ3n) is 4.89. The van der Waals surface area contributed by atoms with Crippen molar-refractivity contribution < 1.29 is 9.90 Å². The van der Waals surface area contributed by atoms with Gasteiger partial charge in [-0.05, 0) is 61.7 Å². The summed E-state index contributed by atoms with van der Waals surface area (Å²) >= 11 is 0. The van der Waals surface area contributed by atoms with E-state index in [4.69, 9.17) is 5.11 Å².